The van der Waals surface area contributed by atoms with Crippen LogP contribution in [0.3, 0.4) is 0 Å². The number of carbonyl (C=O) groups excluding carboxylic acids is 1. The molecule has 0 rings (SSSR count). The predicted octanol–water partition coefficient (Wildman–Crippen LogP) is 1.44. The highest BCUT2D eigenvalue weighted by Gasteiger charge is 2.45. The molecule has 1 atom stereocenters. The Morgan fingerprint density at radius 2 is 1.92 bits per heavy atom. The summed E-state index contributed by atoms with van der Waals surface area (Å²) in [6.07, 6.45) is 0.750. The number of rotatable bonds is 3. The van der Waals surface area contributed by atoms with Gasteiger partial charge in [-0.25, -0.2) is 0 Å². The van der Waals surface area contributed by atoms with Gasteiger partial charge >= 0.3 is 0 Å². The SMILES string of the molecule is CCC(C)(C)C(C)(C#N)C(N)=O. The second kappa shape index (κ2) is 3.14. The van der Waals surface area contributed by atoms with Gasteiger partial charge in [-0.2, -0.15) is 5.26 Å². The van der Waals surface area contributed by atoms with Crippen LogP contribution in [0.2, 0.25) is 0 Å². The molecule has 0 aromatic heterocycles. The van der Waals surface area contributed by atoms with Crippen molar-refractivity contribution in [3.63, 3.8) is 0 Å². The van der Waals surface area contributed by atoms with Gasteiger partial charge < -0.3 is 5.73 Å². The van der Waals surface area contributed by atoms with Gasteiger partial charge in [0.25, 0.3) is 0 Å². The molecule has 3 heteroatoms. The Kier molecular flexibility index (Phi) is 2.87. The van der Waals surface area contributed by atoms with Gasteiger partial charge in [-0.3, -0.25) is 4.79 Å². The summed E-state index contributed by atoms with van der Waals surface area (Å²) in [5.41, 5.74) is 3.75. The van der Waals surface area contributed by atoms with Crippen LogP contribution in [0, 0.1) is 22.2 Å². The number of hydrogen-bond acceptors (Lipinski definition) is 2. The molecule has 3 nitrogen and oxygen atoms in total. The van der Waals surface area contributed by atoms with Gasteiger partial charge in [0.15, 0.2) is 0 Å². The summed E-state index contributed by atoms with van der Waals surface area (Å²) >= 11 is 0. The zero-order valence-corrected chi connectivity index (χ0v) is 8.14. The molecule has 0 aliphatic rings. The molecule has 0 radical (unpaired) electrons. The van der Waals surface area contributed by atoms with Gasteiger partial charge in [-0.15, -0.1) is 0 Å². The minimum atomic E-state index is -1.07. The highest BCUT2D eigenvalue weighted by molar-refractivity contribution is 5.84. The summed E-state index contributed by atoms with van der Waals surface area (Å²) in [6, 6.07) is 1.99. The maximum atomic E-state index is 11.1. The Hall–Kier alpha value is -1.04. The molecule has 0 fully saturated rings. The fourth-order valence-electron chi connectivity index (χ4n) is 0.893. The molecule has 2 N–H and O–H groups in total. The molecule has 68 valence electrons. The van der Waals surface area contributed by atoms with Crippen molar-refractivity contribution >= 4 is 5.91 Å². The third kappa shape index (κ3) is 1.42. The van der Waals surface area contributed by atoms with E-state index in [4.69, 9.17) is 11.0 Å². The largest absolute Gasteiger partial charge is 0.368 e. The number of nitrogens with two attached hydrogens (primary N) is 1. The van der Waals surface area contributed by atoms with Crippen molar-refractivity contribution in [3.8, 4) is 6.07 Å². The molecule has 0 aliphatic heterocycles. The molecular formula is C9H16N2O. The van der Waals surface area contributed by atoms with Crippen LogP contribution in [-0.4, -0.2) is 5.91 Å². The third-order valence-electron chi connectivity index (χ3n) is 2.95. The van der Waals surface area contributed by atoms with E-state index in [1.807, 2.05) is 26.8 Å². The van der Waals surface area contributed by atoms with Crippen LogP contribution in [0.5, 0.6) is 0 Å². The topological polar surface area (TPSA) is 66.9 Å². The molecule has 0 aliphatic carbocycles. The van der Waals surface area contributed by atoms with Crippen molar-refractivity contribution in [1.29, 1.82) is 5.26 Å². The van der Waals surface area contributed by atoms with E-state index in [1.54, 1.807) is 6.92 Å². The minimum Gasteiger partial charge on any atom is -0.368 e. The van der Waals surface area contributed by atoms with Gasteiger partial charge in [0.2, 0.25) is 5.91 Å². The molecule has 0 saturated carbocycles. The number of hydrogen-bond donors (Lipinski definition) is 1. The zero-order valence-electron chi connectivity index (χ0n) is 8.14. The van der Waals surface area contributed by atoms with E-state index in [0.717, 1.165) is 6.42 Å². The Morgan fingerprint density at radius 3 is 2.00 bits per heavy atom. The lowest BCUT2D eigenvalue weighted by Crippen LogP contribution is -2.44. The fourth-order valence-corrected chi connectivity index (χ4v) is 0.893. The average molecular weight is 168 g/mol. The molecular weight excluding hydrogens is 152 g/mol. The van der Waals surface area contributed by atoms with E-state index >= 15 is 0 Å². The standard InChI is InChI=1S/C9H16N2O/c1-5-8(2,3)9(4,6-10)7(11)12/h5H2,1-4H3,(H2,11,12). The van der Waals surface area contributed by atoms with Crippen molar-refractivity contribution in [2.45, 2.75) is 34.1 Å². The summed E-state index contributed by atoms with van der Waals surface area (Å²) < 4.78 is 0. The normalized spacial score (nSPS) is 16.2. The van der Waals surface area contributed by atoms with Crippen LogP contribution in [0.1, 0.15) is 34.1 Å². The zero-order chi connectivity index (χ0) is 9.99. The third-order valence-corrected chi connectivity index (χ3v) is 2.95. The number of nitriles is 1. The maximum Gasteiger partial charge on any atom is 0.238 e. The van der Waals surface area contributed by atoms with Crippen molar-refractivity contribution in [3.05, 3.63) is 0 Å². The lowest BCUT2D eigenvalue weighted by molar-refractivity contribution is -0.129. The lowest BCUT2D eigenvalue weighted by Gasteiger charge is -2.35. The molecule has 0 aromatic rings. The molecule has 0 bridgehead atoms. The summed E-state index contributed by atoms with van der Waals surface area (Å²) in [7, 11) is 0. The van der Waals surface area contributed by atoms with E-state index < -0.39 is 11.3 Å². The van der Waals surface area contributed by atoms with E-state index in [-0.39, 0.29) is 5.41 Å². The van der Waals surface area contributed by atoms with Gasteiger partial charge in [0, 0.05) is 0 Å². The Labute approximate surface area is 73.6 Å². The predicted molar refractivity (Wildman–Crippen MR) is 47.0 cm³/mol. The second-order valence-electron chi connectivity index (χ2n) is 3.84. The van der Waals surface area contributed by atoms with Gasteiger partial charge in [0.05, 0.1) is 6.07 Å². The second-order valence-corrected chi connectivity index (χ2v) is 3.84. The van der Waals surface area contributed by atoms with Crippen LogP contribution in [0.4, 0.5) is 0 Å². The first-order chi connectivity index (χ1) is 5.31. The molecule has 0 spiro atoms. The quantitative estimate of drug-likeness (QED) is 0.692. The first-order valence-electron chi connectivity index (χ1n) is 4.03. The van der Waals surface area contributed by atoms with E-state index in [9.17, 15) is 4.79 Å². The summed E-state index contributed by atoms with van der Waals surface area (Å²) in [5.74, 6) is -0.545. The molecule has 0 saturated heterocycles. The number of amides is 1. The lowest BCUT2D eigenvalue weighted by atomic mass is 9.65. The molecule has 1 unspecified atom stereocenters. The summed E-state index contributed by atoms with van der Waals surface area (Å²) in [6.45, 7) is 7.29. The van der Waals surface area contributed by atoms with Crippen LogP contribution in [0.25, 0.3) is 0 Å². The van der Waals surface area contributed by atoms with E-state index in [2.05, 4.69) is 0 Å². The highest BCUT2D eigenvalue weighted by atomic mass is 16.1. The number of nitrogens with zero attached hydrogens (tertiary/aromatic N) is 1. The molecule has 0 heterocycles. The fraction of sp³-hybridized carbons (Fsp3) is 0.778. The first-order valence-corrected chi connectivity index (χ1v) is 4.03. The molecule has 0 aromatic carbocycles. The van der Waals surface area contributed by atoms with Gasteiger partial charge in [-0.05, 0) is 18.8 Å². The molecule has 1 amide bonds. The van der Waals surface area contributed by atoms with E-state index in [0.29, 0.717) is 0 Å². The monoisotopic (exact) mass is 168 g/mol. The Balaban J connectivity index is 5.04. The van der Waals surface area contributed by atoms with Crippen molar-refractivity contribution in [2.24, 2.45) is 16.6 Å². The van der Waals surface area contributed by atoms with E-state index in [1.165, 1.54) is 0 Å². The number of carbonyl (C=O) groups is 1. The smallest absolute Gasteiger partial charge is 0.238 e. The number of primary amides is 1. The summed E-state index contributed by atoms with van der Waals surface area (Å²) in [4.78, 5) is 11.1. The van der Waals surface area contributed by atoms with Crippen LogP contribution in [0.15, 0.2) is 0 Å². The molecule has 12 heavy (non-hydrogen) atoms. The van der Waals surface area contributed by atoms with Gasteiger partial charge in [-0.1, -0.05) is 20.8 Å². The van der Waals surface area contributed by atoms with Crippen molar-refractivity contribution < 1.29 is 4.79 Å². The Bertz CT molecular complexity index is 227. The maximum absolute atomic E-state index is 11.1. The van der Waals surface area contributed by atoms with Crippen LogP contribution >= 0.6 is 0 Å². The Morgan fingerprint density at radius 1 is 1.50 bits per heavy atom. The van der Waals surface area contributed by atoms with Crippen LogP contribution in [-0.2, 0) is 4.79 Å². The van der Waals surface area contributed by atoms with Gasteiger partial charge in [0.1, 0.15) is 5.41 Å². The average Bonchev–Trinajstić information content (AvgIpc) is 2.02. The minimum absolute atomic E-state index is 0.367. The van der Waals surface area contributed by atoms with Crippen molar-refractivity contribution in [2.75, 3.05) is 0 Å². The first kappa shape index (κ1) is 11.0. The highest BCUT2D eigenvalue weighted by Crippen LogP contribution is 2.40. The van der Waals surface area contributed by atoms with Crippen LogP contribution < -0.4 is 5.73 Å². The summed E-state index contributed by atoms with van der Waals surface area (Å²) in [5, 5.41) is 8.87. The van der Waals surface area contributed by atoms with Crippen molar-refractivity contribution in [1.82, 2.24) is 0 Å².